The molecule has 0 atom stereocenters. The molecule has 0 aliphatic carbocycles. The second-order valence-electron chi connectivity index (χ2n) is 1.69. The van der Waals surface area contributed by atoms with E-state index in [1.54, 1.807) is 12.4 Å². The zero-order chi connectivity index (χ0) is 5.40. The van der Waals surface area contributed by atoms with Crippen LogP contribution in [0, 0.1) is 0 Å². The third kappa shape index (κ3) is 0.320. The van der Waals surface area contributed by atoms with Crippen molar-refractivity contribution in [2.24, 2.45) is 9.98 Å². The summed E-state index contributed by atoms with van der Waals surface area (Å²) in [5.41, 5.74) is 2.12. The molecule has 0 spiro atoms. The smallest absolute Gasteiger partial charge is 0.262 e. The Bertz CT molecular complexity index is 209. The topological polar surface area (TPSA) is 24.7 Å². The zero-order valence-corrected chi connectivity index (χ0v) is 4.20. The molecule has 0 N–H and O–H groups in total. The standard InChI is InChI=1S/C6H4N2/c1-2-8-6-4-7-3-5(1)6/h1-4H/p+1. The molecule has 2 heterocycles. The summed E-state index contributed by atoms with van der Waals surface area (Å²) in [6, 6.07) is 0. The van der Waals surface area contributed by atoms with E-state index in [9.17, 15) is 0 Å². The van der Waals surface area contributed by atoms with Gasteiger partial charge in [0.05, 0.1) is 11.9 Å². The highest BCUT2D eigenvalue weighted by Gasteiger charge is 2.07. The van der Waals surface area contributed by atoms with Crippen molar-refractivity contribution in [2.45, 2.75) is 0 Å². The average Bonchev–Trinajstić information content (AvgIpc) is 2.15. The molecule has 2 aliphatic rings. The van der Waals surface area contributed by atoms with Crippen LogP contribution in [0.1, 0.15) is 1.43 Å². The predicted octanol–water partition coefficient (Wildman–Crippen LogP) is 1.04. The predicted molar refractivity (Wildman–Crippen MR) is 34.3 cm³/mol. The number of rotatable bonds is 0. The molecule has 2 rings (SSSR count). The molecule has 8 heavy (non-hydrogen) atoms. The molecule has 0 aromatic carbocycles. The van der Waals surface area contributed by atoms with Gasteiger partial charge in [-0.1, -0.05) is 0 Å². The molecule has 0 fully saturated rings. The van der Waals surface area contributed by atoms with Crippen molar-refractivity contribution in [3.8, 4) is 0 Å². The first-order valence-electron chi connectivity index (χ1n) is 2.45. The largest absolute Gasteiger partial charge is 1.00 e. The molecule has 0 unspecified atom stereocenters. The first kappa shape index (κ1) is 3.78. The van der Waals surface area contributed by atoms with Gasteiger partial charge in [-0.05, 0) is 6.08 Å². The van der Waals surface area contributed by atoms with Crippen LogP contribution in [-0.4, -0.2) is 12.4 Å². The summed E-state index contributed by atoms with van der Waals surface area (Å²) in [6.07, 6.45) is 7.30. The molecule has 0 aromatic heterocycles. The molecule has 0 saturated carbocycles. The Kier molecular flexibility index (Phi) is 0.545. The fraction of sp³-hybridized carbons (Fsp3) is 0. The Morgan fingerprint density at radius 1 is 1.50 bits per heavy atom. The van der Waals surface area contributed by atoms with E-state index >= 15 is 0 Å². The molecule has 0 bridgehead atoms. The van der Waals surface area contributed by atoms with Gasteiger partial charge in [-0.2, -0.15) is 0 Å². The normalized spacial score (nSPS) is 21.0. The van der Waals surface area contributed by atoms with E-state index in [0.717, 1.165) is 11.3 Å². The monoisotopic (exact) mass is 105 g/mol. The summed E-state index contributed by atoms with van der Waals surface area (Å²) in [6.45, 7) is 0. The van der Waals surface area contributed by atoms with Gasteiger partial charge in [0.15, 0.2) is 0 Å². The molecule has 38 valence electrons. The van der Waals surface area contributed by atoms with Crippen molar-refractivity contribution in [3.63, 3.8) is 0 Å². The van der Waals surface area contributed by atoms with E-state index in [1.165, 1.54) is 0 Å². The number of allylic oxidation sites excluding steroid dienone is 2. The molecular formula is C6H5N2+. The Labute approximate surface area is 48.4 Å². The fourth-order valence-electron chi connectivity index (χ4n) is 0.763. The van der Waals surface area contributed by atoms with Crippen molar-refractivity contribution < 1.29 is 1.43 Å². The molecule has 0 aromatic rings. The lowest BCUT2D eigenvalue weighted by Gasteiger charge is -1.81. The maximum Gasteiger partial charge on any atom is 1.00 e. The highest BCUT2D eigenvalue weighted by molar-refractivity contribution is 5.97. The average molecular weight is 105 g/mol. The van der Waals surface area contributed by atoms with Crippen molar-refractivity contribution in [3.05, 3.63) is 23.5 Å². The van der Waals surface area contributed by atoms with Crippen LogP contribution in [0.25, 0.3) is 0 Å². The van der Waals surface area contributed by atoms with Crippen LogP contribution >= 0.6 is 0 Å². The lowest BCUT2D eigenvalue weighted by molar-refractivity contribution is 1.42. The van der Waals surface area contributed by atoms with Gasteiger partial charge in [0, 0.05) is 18.0 Å². The summed E-state index contributed by atoms with van der Waals surface area (Å²) < 4.78 is 0. The van der Waals surface area contributed by atoms with Crippen LogP contribution in [0.4, 0.5) is 0 Å². The minimum Gasteiger partial charge on any atom is -0.262 e. The van der Waals surface area contributed by atoms with E-state index < -0.39 is 0 Å². The Balaban J connectivity index is 0.000000405. The second kappa shape index (κ2) is 1.15. The highest BCUT2D eigenvalue weighted by Crippen LogP contribution is 2.17. The van der Waals surface area contributed by atoms with Gasteiger partial charge in [0.2, 0.25) is 0 Å². The number of aliphatic imine (C=N–C) groups is 2. The van der Waals surface area contributed by atoms with E-state index in [1.807, 2.05) is 12.3 Å². The van der Waals surface area contributed by atoms with Gasteiger partial charge in [0.25, 0.3) is 0 Å². The SMILES string of the molecule is C1=NC=C2N=CC=C12.[H+]. The van der Waals surface area contributed by atoms with Gasteiger partial charge in [0.1, 0.15) is 0 Å². The molecular weight excluding hydrogens is 100 g/mol. The van der Waals surface area contributed by atoms with Gasteiger partial charge in [-0.25, -0.2) is 0 Å². The van der Waals surface area contributed by atoms with Crippen molar-refractivity contribution >= 4 is 12.4 Å². The molecule has 0 amide bonds. The van der Waals surface area contributed by atoms with Crippen LogP contribution in [0.5, 0.6) is 0 Å². The van der Waals surface area contributed by atoms with Crippen LogP contribution in [0.2, 0.25) is 0 Å². The van der Waals surface area contributed by atoms with E-state index in [-0.39, 0.29) is 1.43 Å². The molecule has 2 aliphatic heterocycles. The quantitative estimate of drug-likeness (QED) is 0.439. The minimum atomic E-state index is 0. The van der Waals surface area contributed by atoms with Gasteiger partial charge in [-0.3, -0.25) is 9.98 Å². The van der Waals surface area contributed by atoms with E-state index in [2.05, 4.69) is 9.98 Å². The van der Waals surface area contributed by atoms with Gasteiger partial charge < -0.3 is 0 Å². The first-order chi connectivity index (χ1) is 3.97. The van der Waals surface area contributed by atoms with Crippen LogP contribution in [-0.2, 0) is 0 Å². The summed E-state index contributed by atoms with van der Waals surface area (Å²) in [4.78, 5) is 7.92. The summed E-state index contributed by atoms with van der Waals surface area (Å²) >= 11 is 0. The molecule has 2 heteroatoms. The third-order valence-electron chi connectivity index (χ3n) is 1.17. The third-order valence-corrected chi connectivity index (χ3v) is 1.17. The molecule has 0 radical (unpaired) electrons. The Hall–Kier alpha value is -1.18. The van der Waals surface area contributed by atoms with Crippen LogP contribution < -0.4 is 0 Å². The van der Waals surface area contributed by atoms with Gasteiger partial charge in [-0.15, -0.1) is 0 Å². The summed E-state index contributed by atoms with van der Waals surface area (Å²) in [5.74, 6) is 0. The minimum absolute atomic E-state index is 0. The van der Waals surface area contributed by atoms with E-state index in [4.69, 9.17) is 0 Å². The molecule has 0 saturated heterocycles. The number of nitrogens with zero attached hydrogens (tertiary/aromatic N) is 2. The first-order valence-corrected chi connectivity index (χ1v) is 2.45. The number of fused-ring (bicyclic) bond motifs is 1. The van der Waals surface area contributed by atoms with E-state index in [0.29, 0.717) is 0 Å². The maximum atomic E-state index is 4.02. The highest BCUT2D eigenvalue weighted by atomic mass is 14.8. The van der Waals surface area contributed by atoms with Crippen molar-refractivity contribution in [1.82, 2.24) is 0 Å². The van der Waals surface area contributed by atoms with Crippen molar-refractivity contribution in [1.29, 1.82) is 0 Å². The maximum absolute atomic E-state index is 4.02. The molecule has 2 nitrogen and oxygen atoms in total. The van der Waals surface area contributed by atoms with Crippen molar-refractivity contribution in [2.75, 3.05) is 0 Å². The number of hydrogen-bond donors (Lipinski definition) is 0. The fourth-order valence-corrected chi connectivity index (χ4v) is 0.763. The zero-order valence-electron chi connectivity index (χ0n) is 5.20. The van der Waals surface area contributed by atoms with Gasteiger partial charge >= 0.3 is 1.43 Å². The summed E-state index contributed by atoms with van der Waals surface area (Å²) in [7, 11) is 0. The van der Waals surface area contributed by atoms with Crippen LogP contribution in [0.3, 0.4) is 0 Å². The Morgan fingerprint density at radius 2 is 2.50 bits per heavy atom. The number of hydrogen-bond acceptors (Lipinski definition) is 2. The summed E-state index contributed by atoms with van der Waals surface area (Å²) in [5, 5.41) is 0. The lowest BCUT2D eigenvalue weighted by atomic mass is 10.3. The lowest BCUT2D eigenvalue weighted by Crippen LogP contribution is -1.73. The second-order valence-corrected chi connectivity index (χ2v) is 1.69. The Morgan fingerprint density at radius 3 is 3.38 bits per heavy atom. The van der Waals surface area contributed by atoms with Crippen LogP contribution in [0.15, 0.2) is 33.5 Å².